The molecule has 0 aromatic carbocycles. The van der Waals surface area contributed by atoms with E-state index in [1.165, 1.54) is 0 Å². The van der Waals surface area contributed by atoms with E-state index in [1.54, 1.807) is 4.31 Å². The Bertz CT molecular complexity index is 478. The minimum Gasteiger partial charge on any atom is -0.480 e. The molecule has 0 amide bonds. The summed E-state index contributed by atoms with van der Waals surface area (Å²) in [5.41, 5.74) is -0.0153. The second-order valence-electron chi connectivity index (χ2n) is 6.12. The van der Waals surface area contributed by atoms with Gasteiger partial charge in [0.2, 0.25) is 10.0 Å². The molecule has 1 spiro atoms. The summed E-state index contributed by atoms with van der Waals surface area (Å²) in [5.74, 6) is -0.801. The van der Waals surface area contributed by atoms with Crippen LogP contribution in [0.3, 0.4) is 0 Å². The summed E-state index contributed by atoms with van der Waals surface area (Å²) in [6.45, 7) is 1.79. The normalized spacial score (nSPS) is 31.7. The van der Waals surface area contributed by atoms with Gasteiger partial charge in [0.05, 0.1) is 5.25 Å². The molecule has 3 fully saturated rings. The summed E-state index contributed by atoms with van der Waals surface area (Å²) < 4.78 is 25.9. The Labute approximate surface area is 113 Å². The quantitative estimate of drug-likeness (QED) is 0.764. The van der Waals surface area contributed by atoms with Crippen LogP contribution in [0.4, 0.5) is 0 Å². The zero-order valence-electron chi connectivity index (χ0n) is 10.8. The largest absolute Gasteiger partial charge is 0.480 e. The zero-order valence-corrected chi connectivity index (χ0v) is 11.7. The lowest BCUT2D eigenvalue weighted by atomic mass is 9.77. The standard InChI is InChI=1S/C12H20N2O4S/c15-11(16)10-7-12(8-13-10)3-5-14(6-4-12)19(17,18)9-1-2-9/h9-10,13H,1-8H2,(H,15,16)/t10-/m1/s1. The molecule has 0 aromatic heterocycles. The second kappa shape index (κ2) is 4.43. The lowest BCUT2D eigenvalue weighted by Gasteiger charge is -2.38. The van der Waals surface area contributed by atoms with Crippen molar-refractivity contribution in [2.75, 3.05) is 19.6 Å². The maximum absolute atomic E-state index is 12.1. The first-order valence-corrected chi connectivity index (χ1v) is 8.38. The highest BCUT2D eigenvalue weighted by atomic mass is 32.2. The van der Waals surface area contributed by atoms with Crippen LogP contribution in [0.25, 0.3) is 0 Å². The van der Waals surface area contributed by atoms with E-state index < -0.39 is 22.0 Å². The molecule has 6 nitrogen and oxygen atoms in total. The van der Waals surface area contributed by atoms with Gasteiger partial charge in [-0.25, -0.2) is 12.7 Å². The van der Waals surface area contributed by atoms with Crippen molar-refractivity contribution in [1.82, 2.24) is 9.62 Å². The number of rotatable bonds is 3. The first kappa shape index (κ1) is 13.3. The highest BCUT2D eigenvalue weighted by Gasteiger charge is 2.47. The highest BCUT2D eigenvalue weighted by molar-refractivity contribution is 7.90. The molecule has 2 heterocycles. The van der Waals surface area contributed by atoms with Crippen LogP contribution in [0.5, 0.6) is 0 Å². The molecule has 3 aliphatic rings. The monoisotopic (exact) mass is 288 g/mol. The molecular formula is C12H20N2O4S. The predicted octanol–water partition coefficient (Wildman–Crippen LogP) is 0.00730. The molecule has 0 unspecified atom stereocenters. The van der Waals surface area contributed by atoms with Gasteiger partial charge in [0, 0.05) is 19.6 Å². The Morgan fingerprint density at radius 3 is 2.37 bits per heavy atom. The van der Waals surface area contributed by atoms with Crippen molar-refractivity contribution < 1.29 is 18.3 Å². The molecular weight excluding hydrogens is 268 g/mol. The van der Waals surface area contributed by atoms with Crippen molar-refractivity contribution in [2.45, 2.75) is 43.4 Å². The van der Waals surface area contributed by atoms with Crippen molar-refractivity contribution in [3.8, 4) is 0 Å². The van der Waals surface area contributed by atoms with Crippen LogP contribution in [0.2, 0.25) is 0 Å². The van der Waals surface area contributed by atoms with Crippen LogP contribution in [0, 0.1) is 5.41 Å². The molecule has 2 N–H and O–H groups in total. The van der Waals surface area contributed by atoms with Crippen molar-refractivity contribution in [3.63, 3.8) is 0 Å². The topological polar surface area (TPSA) is 86.7 Å². The molecule has 3 rings (SSSR count). The molecule has 7 heteroatoms. The number of nitrogens with one attached hydrogen (secondary N) is 1. The van der Waals surface area contributed by atoms with Crippen LogP contribution in [-0.4, -0.2) is 54.7 Å². The van der Waals surface area contributed by atoms with Gasteiger partial charge in [0.15, 0.2) is 0 Å². The summed E-state index contributed by atoms with van der Waals surface area (Å²) in [6, 6.07) is -0.466. The van der Waals surface area contributed by atoms with E-state index >= 15 is 0 Å². The molecule has 0 aromatic rings. The molecule has 108 valence electrons. The van der Waals surface area contributed by atoms with Crippen LogP contribution >= 0.6 is 0 Å². The van der Waals surface area contributed by atoms with E-state index in [2.05, 4.69) is 5.32 Å². The SMILES string of the molecule is O=C(O)[C@H]1CC2(CCN(S(=O)(=O)C3CC3)CC2)CN1. The van der Waals surface area contributed by atoms with Gasteiger partial charge in [-0.15, -0.1) is 0 Å². The Morgan fingerprint density at radius 1 is 1.26 bits per heavy atom. The molecule has 2 aliphatic heterocycles. The van der Waals surface area contributed by atoms with E-state index in [0.29, 0.717) is 26.1 Å². The number of aliphatic carboxylic acids is 1. The van der Waals surface area contributed by atoms with Crippen LogP contribution in [-0.2, 0) is 14.8 Å². The minimum atomic E-state index is -3.07. The lowest BCUT2D eigenvalue weighted by molar-refractivity contribution is -0.139. The Morgan fingerprint density at radius 2 is 1.89 bits per heavy atom. The number of hydrogen-bond donors (Lipinski definition) is 2. The number of nitrogens with zero attached hydrogens (tertiary/aromatic N) is 1. The second-order valence-corrected chi connectivity index (χ2v) is 8.33. The molecule has 19 heavy (non-hydrogen) atoms. The maximum atomic E-state index is 12.1. The van der Waals surface area contributed by atoms with Gasteiger partial charge in [-0.3, -0.25) is 4.79 Å². The number of carboxylic acids is 1. The lowest BCUT2D eigenvalue weighted by Crippen LogP contribution is -2.45. The van der Waals surface area contributed by atoms with Gasteiger partial charge < -0.3 is 10.4 Å². The van der Waals surface area contributed by atoms with Gasteiger partial charge >= 0.3 is 5.97 Å². The molecule has 1 atom stereocenters. The van der Waals surface area contributed by atoms with Gasteiger partial charge in [-0.2, -0.15) is 0 Å². The van der Waals surface area contributed by atoms with E-state index in [9.17, 15) is 13.2 Å². The Kier molecular flexibility index (Phi) is 3.11. The summed E-state index contributed by atoms with van der Waals surface area (Å²) in [6.07, 6.45) is 3.77. The average molecular weight is 288 g/mol. The van der Waals surface area contributed by atoms with Crippen molar-refractivity contribution in [2.24, 2.45) is 5.41 Å². The third-order valence-corrected chi connectivity index (χ3v) is 7.15. The van der Waals surface area contributed by atoms with E-state index in [0.717, 1.165) is 25.7 Å². The number of carbonyl (C=O) groups is 1. The highest BCUT2D eigenvalue weighted by Crippen LogP contribution is 2.41. The third-order valence-electron chi connectivity index (χ3n) is 4.75. The number of carboxylic acid groups (broad SMARTS) is 1. The van der Waals surface area contributed by atoms with E-state index in [-0.39, 0.29) is 10.7 Å². The molecule has 0 radical (unpaired) electrons. The van der Waals surface area contributed by atoms with E-state index in [1.807, 2.05) is 0 Å². The van der Waals surface area contributed by atoms with Crippen LogP contribution in [0.1, 0.15) is 32.1 Å². The number of sulfonamides is 1. The van der Waals surface area contributed by atoms with Gasteiger partial charge in [0.1, 0.15) is 6.04 Å². The van der Waals surface area contributed by atoms with Gasteiger partial charge in [-0.1, -0.05) is 0 Å². The molecule has 1 saturated carbocycles. The Hall–Kier alpha value is -0.660. The van der Waals surface area contributed by atoms with Gasteiger partial charge in [0.25, 0.3) is 0 Å². The summed E-state index contributed by atoms with van der Waals surface area (Å²) >= 11 is 0. The smallest absolute Gasteiger partial charge is 0.320 e. The third kappa shape index (κ3) is 2.39. The minimum absolute atomic E-state index is 0.0153. The molecule has 0 bridgehead atoms. The fourth-order valence-corrected chi connectivity index (χ4v) is 5.11. The fraction of sp³-hybridized carbons (Fsp3) is 0.917. The first-order valence-electron chi connectivity index (χ1n) is 6.88. The Balaban J connectivity index is 1.62. The summed E-state index contributed by atoms with van der Waals surface area (Å²) in [7, 11) is -3.07. The fourth-order valence-electron chi connectivity index (χ4n) is 3.26. The van der Waals surface area contributed by atoms with E-state index in [4.69, 9.17) is 5.11 Å². The van der Waals surface area contributed by atoms with Crippen molar-refractivity contribution in [3.05, 3.63) is 0 Å². The summed E-state index contributed by atoms with van der Waals surface area (Å²) in [5, 5.41) is 11.9. The average Bonchev–Trinajstić information content (AvgIpc) is 3.14. The van der Waals surface area contributed by atoms with Gasteiger partial charge in [-0.05, 0) is 37.5 Å². The van der Waals surface area contributed by atoms with Crippen molar-refractivity contribution >= 4 is 16.0 Å². The maximum Gasteiger partial charge on any atom is 0.320 e. The molecule has 2 saturated heterocycles. The van der Waals surface area contributed by atoms with Crippen molar-refractivity contribution in [1.29, 1.82) is 0 Å². The first-order chi connectivity index (χ1) is 8.93. The molecule has 1 aliphatic carbocycles. The predicted molar refractivity (Wildman–Crippen MR) is 69.2 cm³/mol. The summed E-state index contributed by atoms with van der Waals surface area (Å²) in [4.78, 5) is 11.0. The van der Waals surface area contributed by atoms with Crippen LogP contribution < -0.4 is 5.32 Å². The van der Waals surface area contributed by atoms with Crippen LogP contribution in [0.15, 0.2) is 0 Å². The zero-order chi connectivity index (χ0) is 13.7. The number of piperidine rings is 1. The number of hydrogen-bond acceptors (Lipinski definition) is 4.